The number of nitrogens with zero attached hydrogens (tertiary/aromatic N) is 3. The molecule has 0 atom stereocenters. The number of hydrogen-bond donors (Lipinski definition) is 0. The minimum atomic E-state index is -0.0558. The van der Waals surface area contributed by atoms with Crippen molar-refractivity contribution in [2.24, 2.45) is 0 Å². The maximum Gasteiger partial charge on any atom is 0.224 e. The Morgan fingerprint density at radius 3 is 2.33 bits per heavy atom. The van der Waals surface area contributed by atoms with Crippen molar-refractivity contribution in [3.63, 3.8) is 0 Å². The first kappa shape index (κ1) is 19.2. The molecule has 0 unspecified atom stereocenters. The first-order valence-electron chi connectivity index (χ1n) is 9.16. The first-order chi connectivity index (χ1) is 13.0. The van der Waals surface area contributed by atoms with Gasteiger partial charge in [-0.1, -0.05) is 35.9 Å². The van der Waals surface area contributed by atoms with Gasteiger partial charge in [-0.15, -0.1) is 0 Å². The Morgan fingerprint density at radius 1 is 1.00 bits per heavy atom. The van der Waals surface area contributed by atoms with Crippen LogP contribution in [0, 0.1) is 0 Å². The summed E-state index contributed by atoms with van der Waals surface area (Å²) < 4.78 is 0. The monoisotopic (exact) mass is 385 g/mol. The molecule has 0 spiro atoms. The quantitative estimate of drug-likeness (QED) is 0.792. The van der Waals surface area contributed by atoms with Gasteiger partial charge in [0.15, 0.2) is 0 Å². The van der Waals surface area contributed by atoms with E-state index in [1.54, 1.807) is 4.90 Å². The second-order valence-corrected chi connectivity index (χ2v) is 7.04. The number of para-hydroxylation sites is 1. The largest absolute Gasteiger partial charge is 0.368 e. The Hall–Kier alpha value is -2.53. The Kier molecular flexibility index (Phi) is 6.35. The fourth-order valence-corrected chi connectivity index (χ4v) is 3.51. The van der Waals surface area contributed by atoms with Crippen LogP contribution in [0.2, 0.25) is 5.02 Å². The molecular formula is C21H24ClN3O2. The van der Waals surface area contributed by atoms with Crippen LogP contribution in [-0.4, -0.2) is 49.4 Å². The molecule has 2 aromatic carbocycles. The van der Waals surface area contributed by atoms with Crippen LogP contribution in [0.5, 0.6) is 0 Å². The van der Waals surface area contributed by atoms with E-state index in [2.05, 4.69) is 4.90 Å². The van der Waals surface area contributed by atoms with Crippen LogP contribution in [0.25, 0.3) is 0 Å². The lowest BCUT2D eigenvalue weighted by Crippen LogP contribution is -2.49. The zero-order valence-corrected chi connectivity index (χ0v) is 16.2. The highest BCUT2D eigenvalue weighted by Crippen LogP contribution is 2.21. The van der Waals surface area contributed by atoms with E-state index in [0.717, 1.165) is 29.5 Å². The number of halogens is 1. The van der Waals surface area contributed by atoms with Crippen molar-refractivity contribution in [3.8, 4) is 0 Å². The molecule has 0 aliphatic carbocycles. The minimum absolute atomic E-state index is 0.0558. The predicted molar refractivity (Wildman–Crippen MR) is 109 cm³/mol. The summed E-state index contributed by atoms with van der Waals surface area (Å²) in [4.78, 5) is 30.3. The third-order valence-corrected chi connectivity index (χ3v) is 5.04. The number of piperazine rings is 1. The van der Waals surface area contributed by atoms with Crippen molar-refractivity contribution in [3.05, 3.63) is 59.6 Å². The van der Waals surface area contributed by atoms with Crippen molar-refractivity contribution < 1.29 is 9.59 Å². The molecular weight excluding hydrogens is 362 g/mol. The van der Waals surface area contributed by atoms with Gasteiger partial charge >= 0.3 is 0 Å². The third kappa shape index (κ3) is 5.01. The van der Waals surface area contributed by atoms with Gasteiger partial charge in [0.25, 0.3) is 0 Å². The molecule has 0 radical (unpaired) electrons. The molecule has 27 heavy (non-hydrogen) atoms. The van der Waals surface area contributed by atoms with Gasteiger partial charge in [0.2, 0.25) is 11.8 Å². The van der Waals surface area contributed by atoms with Gasteiger partial charge in [-0.3, -0.25) is 9.59 Å². The van der Waals surface area contributed by atoms with Gasteiger partial charge < -0.3 is 14.7 Å². The number of carbonyl (C=O) groups excluding carboxylic acids is 2. The Labute approximate surface area is 165 Å². The van der Waals surface area contributed by atoms with Gasteiger partial charge in [-0.2, -0.15) is 0 Å². The van der Waals surface area contributed by atoms with Crippen molar-refractivity contribution in [1.29, 1.82) is 0 Å². The molecule has 2 amide bonds. The molecule has 3 rings (SSSR count). The smallest absolute Gasteiger partial charge is 0.224 e. The summed E-state index contributed by atoms with van der Waals surface area (Å²) in [5, 5.41) is 0.719. The summed E-state index contributed by atoms with van der Waals surface area (Å²) in [5.74, 6) is 0.0303. The summed E-state index contributed by atoms with van der Waals surface area (Å²) >= 11 is 6.07. The fourth-order valence-electron chi connectivity index (χ4n) is 3.33. The van der Waals surface area contributed by atoms with Crippen molar-refractivity contribution in [1.82, 2.24) is 4.90 Å². The molecule has 0 N–H and O–H groups in total. The molecule has 1 aliphatic heterocycles. The summed E-state index contributed by atoms with van der Waals surface area (Å²) in [6.45, 7) is 4.84. The normalized spacial score (nSPS) is 14.1. The number of hydrogen-bond acceptors (Lipinski definition) is 3. The second-order valence-electron chi connectivity index (χ2n) is 6.60. The van der Waals surface area contributed by atoms with Gasteiger partial charge in [-0.05, 0) is 30.3 Å². The SMILES string of the molecule is CC(=O)N(CCC(=O)N1CCN(c2cccc(Cl)c2)CC1)c1ccccc1. The van der Waals surface area contributed by atoms with Gasteiger partial charge in [0, 0.05) is 62.5 Å². The number of anilines is 2. The van der Waals surface area contributed by atoms with Crippen LogP contribution in [0.4, 0.5) is 11.4 Å². The van der Waals surface area contributed by atoms with E-state index < -0.39 is 0 Å². The first-order valence-corrected chi connectivity index (χ1v) is 9.54. The lowest BCUT2D eigenvalue weighted by molar-refractivity contribution is -0.131. The number of rotatable bonds is 5. The van der Waals surface area contributed by atoms with Crippen LogP contribution < -0.4 is 9.80 Å². The van der Waals surface area contributed by atoms with Gasteiger partial charge in [0.1, 0.15) is 0 Å². The van der Waals surface area contributed by atoms with E-state index >= 15 is 0 Å². The number of amides is 2. The molecule has 0 bridgehead atoms. The fraction of sp³-hybridized carbons (Fsp3) is 0.333. The van der Waals surface area contributed by atoms with Crippen LogP contribution in [0.3, 0.4) is 0 Å². The molecule has 142 valence electrons. The molecule has 6 heteroatoms. The summed E-state index contributed by atoms with van der Waals surface area (Å²) in [6, 6.07) is 17.2. The molecule has 5 nitrogen and oxygen atoms in total. The highest BCUT2D eigenvalue weighted by Gasteiger charge is 2.22. The highest BCUT2D eigenvalue weighted by atomic mass is 35.5. The Balaban J connectivity index is 1.52. The van der Waals surface area contributed by atoms with E-state index in [4.69, 9.17) is 11.6 Å². The van der Waals surface area contributed by atoms with E-state index in [1.165, 1.54) is 6.92 Å². The molecule has 1 aliphatic rings. The minimum Gasteiger partial charge on any atom is -0.368 e. The number of carbonyl (C=O) groups is 2. The zero-order valence-electron chi connectivity index (χ0n) is 15.5. The lowest BCUT2D eigenvalue weighted by atomic mass is 10.2. The number of benzene rings is 2. The second kappa shape index (κ2) is 8.91. The van der Waals surface area contributed by atoms with E-state index in [1.807, 2.05) is 59.5 Å². The van der Waals surface area contributed by atoms with E-state index in [0.29, 0.717) is 26.1 Å². The maximum atomic E-state index is 12.6. The average Bonchev–Trinajstić information content (AvgIpc) is 2.69. The lowest BCUT2D eigenvalue weighted by Gasteiger charge is -2.36. The Bertz CT molecular complexity index is 789. The van der Waals surface area contributed by atoms with Crippen molar-refractivity contribution in [2.45, 2.75) is 13.3 Å². The molecule has 1 fully saturated rings. The summed E-state index contributed by atoms with van der Waals surface area (Å²) in [7, 11) is 0. The van der Waals surface area contributed by atoms with Crippen LogP contribution in [0.1, 0.15) is 13.3 Å². The molecule has 1 saturated heterocycles. The van der Waals surface area contributed by atoms with Crippen molar-refractivity contribution >= 4 is 34.8 Å². The molecule has 0 aromatic heterocycles. The summed E-state index contributed by atoms with van der Waals surface area (Å²) in [5.41, 5.74) is 1.91. The van der Waals surface area contributed by atoms with E-state index in [9.17, 15) is 9.59 Å². The topological polar surface area (TPSA) is 43.9 Å². The maximum absolute atomic E-state index is 12.6. The van der Waals surface area contributed by atoms with Crippen LogP contribution >= 0.6 is 11.6 Å². The Morgan fingerprint density at radius 2 is 1.70 bits per heavy atom. The summed E-state index contributed by atoms with van der Waals surface area (Å²) in [6.07, 6.45) is 0.325. The van der Waals surface area contributed by atoms with Gasteiger partial charge in [0.05, 0.1) is 0 Å². The van der Waals surface area contributed by atoms with Crippen LogP contribution in [0.15, 0.2) is 54.6 Å². The van der Waals surface area contributed by atoms with Gasteiger partial charge in [-0.25, -0.2) is 0 Å². The third-order valence-electron chi connectivity index (χ3n) is 4.80. The molecule has 2 aromatic rings. The zero-order chi connectivity index (χ0) is 19.2. The van der Waals surface area contributed by atoms with Crippen molar-refractivity contribution in [2.75, 3.05) is 42.5 Å². The van der Waals surface area contributed by atoms with Crippen LogP contribution in [-0.2, 0) is 9.59 Å². The standard InChI is InChI=1S/C21H24ClN3O2/c1-17(26)25(19-7-3-2-4-8-19)11-10-21(27)24-14-12-23(13-15-24)20-9-5-6-18(22)16-20/h2-9,16H,10-15H2,1H3. The highest BCUT2D eigenvalue weighted by molar-refractivity contribution is 6.30. The average molecular weight is 386 g/mol. The molecule has 1 heterocycles. The van der Waals surface area contributed by atoms with E-state index in [-0.39, 0.29) is 11.8 Å². The molecule has 0 saturated carbocycles. The predicted octanol–water partition coefficient (Wildman–Crippen LogP) is 3.43.